The Balaban J connectivity index is 1.81. The number of hydrogen-bond acceptors (Lipinski definition) is 5. The van der Waals surface area contributed by atoms with Gasteiger partial charge in [-0.2, -0.15) is 0 Å². The highest BCUT2D eigenvalue weighted by molar-refractivity contribution is 7.13. The molecule has 0 aliphatic carbocycles. The molecule has 2 aromatic rings. The highest BCUT2D eigenvalue weighted by Crippen LogP contribution is 2.22. The van der Waals surface area contributed by atoms with Gasteiger partial charge in [-0.15, -0.1) is 0 Å². The van der Waals surface area contributed by atoms with Gasteiger partial charge < -0.3 is 9.88 Å². The van der Waals surface area contributed by atoms with Gasteiger partial charge in [0.2, 0.25) is 0 Å². The molecule has 0 bridgehead atoms. The Hall–Kier alpha value is -1.73. The average molecular weight is 266 g/mol. The third kappa shape index (κ3) is 3.38. The van der Waals surface area contributed by atoms with E-state index in [1.807, 2.05) is 16.1 Å². The summed E-state index contributed by atoms with van der Waals surface area (Å²) in [5.41, 5.74) is 0.948. The maximum absolute atomic E-state index is 10.5. The summed E-state index contributed by atoms with van der Waals surface area (Å²) < 4.78 is 1.99. The van der Waals surface area contributed by atoms with E-state index in [-0.39, 0.29) is 16.0 Å². The Bertz CT molecular complexity index is 509. The van der Waals surface area contributed by atoms with Crippen LogP contribution in [-0.4, -0.2) is 20.5 Å². The SMILES string of the molecule is CC(Cn1ccnc1)NCc1csc([N+](=O)[O-])c1. The molecule has 0 amide bonds. The molecule has 0 aliphatic heterocycles. The van der Waals surface area contributed by atoms with Crippen molar-refractivity contribution in [1.82, 2.24) is 14.9 Å². The minimum absolute atomic E-state index is 0.189. The molecule has 0 radical (unpaired) electrons. The molecule has 0 aliphatic rings. The summed E-state index contributed by atoms with van der Waals surface area (Å²) in [5.74, 6) is 0. The molecule has 0 spiro atoms. The number of nitrogens with one attached hydrogen (secondary N) is 1. The van der Waals surface area contributed by atoms with Crippen LogP contribution >= 0.6 is 11.3 Å². The van der Waals surface area contributed by atoms with Crippen LogP contribution in [0.15, 0.2) is 30.2 Å². The molecule has 1 atom stereocenters. The Morgan fingerprint density at radius 3 is 3.11 bits per heavy atom. The first-order valence-corrected chi connectivity index (χ1v) is 6.44. The van der Waals surface area contributed by atoms with Gasteiger partial charge in [0, 0.05) is 43.0 Å². The zero-order valence-electron chi connectivity index (χ0n) is 9.94. The first-order valence-electron chi connectivity index (χ1n) is 5.56. The predicted octanol–water partition coefficient (Wildman–Crippen LogP) is 2.03. The average Bonchev–Trinajstić information content (AvgIpc) is 2.96. The van der Waals surface area contributed by atoms with E-state index in [9.17, 15) is 10.1 Å². The maximum atomic E-state index is 10.5. The van der Waals surface area contributed by atoms with Gasteiger partial charge in [-0.3, -0.25) is 10.1 Å². The van der Waals surface area contributed by atoms with Crippen LogP contribution in [0, 0.1) is 10.1 Å². The van der Waals surface area contributed by atoms with Gasteiger partial charge in [0.05, 0.1) is 11.3 Å². The second kappa shape index (κ2) is 5.74. The van der Waals surface area contributed by atoms with Crippen LogP contribution in [-0.2, 0) is 13.1 Å². The van der Waals surface area contributed by atoms with Gasteiger partial charge in [-0.25, -0.2) is 4.98 Å². The summed E-state index contributed by atoms with van der Waals surface area (Å²) in [6.07, 6.45) is 5.43. The second-order valence-corrected chi connectivity index (χ2v) is 4.98. The summed E-state index contributed by atoms with van der Waals surface area (Å²) in [7, 11) is 0. The fourth-order valence-electron chi connectivity index (χ4n) is 1.62. The van der Waals surface area contributed by atoms with Gasteiger partial charge in [-0.1, -0.05) is 11.3 Å². The number of nitro groups is 1. The summed E-state index contributed by atoms with van der Waals surface area (Å²) in [6, 6.07) is 1.89. The summed E-state index contributed by atoms with van der Waals surface area (Å²) in [4.78, 5) is 14.2. The summed E-state index contributed by atoms with van der Waals surface area (Å²) >= 11 is 1.16. The molecule has 2 heterocycles. The minimum atomic E-state index is -0.358. The number of rotatable bonds is 6. The molecule has 2 rings (SSSR count). The smallest absolute Gasteiger partial charge is 0.324 e. The van der Waals surface area contributed by atoms with E-state index >= 15 is 0 Å². The third-order valence-corrected chi connectivity index (χ3v) is 3.45. The quantitative estimate of drug-likeness (QED) is 0.641. The maximum Gasteiger partial charge on any atom is 0.324 e. The van der Waals surface area contributed by atoms with E-state index in [0.29, 0.717) is 6.54 Å². The van der Waals surface area contributed by atoms with Crippen molar-refractivity contribution in [3.05, 3.63) is 45.8 Å². The standard InChI is InChI=1S/C11H14N4O2S/c1-9(6-14-3-2-12-8-14)13-5-10-4-11(15(16)17)18-7-10/h2-4,7-9,13H,5-6H2,1H3. The minimum Gasteiger partial charge on any atom is -0.336 e. The van der Waals surface area contributed by atoms with Crippen LogP contribution in [0.4, 0.5) is 5.00 Å². The fourth-order valence-corrected chi connectivity index (χ4v) is 2.35. The van der Waals surface area contributed by atoms with Crippen molar-refractivity contribution in [1.29, 1.82) is 0 Å². The molecule has 1 N–H and O–H groups in total. The zero-order valence-corrected chi connectivity index (χ0v) is 10.8. The lowest BCUT2D eigenvalue weighted by Crippen LogP contribution is -2.29. The van der Waals surface area contributed by atoms with E-state index in [0.717, 1.165) is 23.4 Å². The normalized spacial score (nSPS) is 12.5. The highest BCUT2D eigenvalue weighted by Gasteiger charge is 2.10. The highest BCUT2D eigenvalue weighted by atomic mass is 32.1. The Labute approximate surface area is 108 Å². The van der Waals surface area contributed by atoms with Gasteiger partial charge in [-0.05, 0) is 12.5 Å². The zero-order chi connectivity index (χ0) is 13.0. The lowest BCUT2D eigenvalue weighted by atomic mass is 10.3. The molecule has 1 unspecified atom stereocenters. The van der Waals surface area contributed by atoms with Gasteiger partial charge in [0.1, 0.15) is 0 Å². The van der Waals surface area contributed by atoms with Crippen LogP contribution in [0.5, 0.6) is 0 Å². The number of nitrogens with zero attached hydrogens (tertiary/aromatic N) is 3. The van der Waals surface area contributed by atoms with Crippen molar-refractivity contribution in [2.24, 2.45) is 0 Å². The van der Waals surface area contributed by atoms with Crippen LogP contribution in [0.1, 0.15) is 12.5 Å². The van der Waals surface area contributed by atoms with Crippen molar-refractivity contribution >= 4 is 16.3 Å². The van der Waals surface area contributed by atoms with E-state index in [2.05, 4.69) is 17.2 Å². The molecule has 96 valence electrons. The Morgan fingerprint density at radius 1 is 1.67 bits per heavy atom. The molecule has 0 fully saturated rings. The molecule has 7 heteroatoms. The number of imidazole rings is 1. The van der Waals surface area contributed by atoms with Crippen LogP contribution in [0.2, 0.25) is 0 Å². The number of hydrogen-bond donors (Lipinski definition) is 1. The molecular formula is C11H14N4O2S. The van der Waals surface area contributed by atoms with E-state index < -0.39 is 0 Å². The van der Waals surface area contributed by atoms with Gasteiger partial charge in [0.25, 0.3) is 0 Å². The Kier molecular flexibility index (Phi) is 4.06. The molecule has 2 aromatic heterocycles. The topological polar surface area (TPSA) is 73.0 Å². The largest absolute Gasteiger partial charge is 0.336 e. The molecular weight excluding hydrogens is 252 g/mol. The third-order valence-electron chi connectivity index (χ3n) is 2.52. The van der Waals surface area contributed by atoms with E-state index in [4.69, 9.17) is 0 Å². The summed E-state index contributed by atoms with van der Waals surface area (Å²) in [5, 5.41) is 15.9. The first kappa shape index (κ1) is 12.7. The van der Waals surface area contributed by atoms with Crippen molar-refractivity contribution < 1.29 is 4.92 Å². The molecule has 0 aromatic carbocycles. The lowest BCUT2D eigenvalue weighted by molar-refractivity contribution is -0.380. The molecule has 18 heavy (non-hydrogen) atoms. The second-order valence-electron chi connectivity index (χ2n) is 4.09. The van der Waals surface area contributed by atoms with Crippen molar-refractivity contribution in [2.75, 3.05) is 0 Å². The van der Waals surface area contributed by atoms with Gasteiger partial charge in [0.15, 0.2) is 0 Å². The summed E-state index contributed by atoms with van der Waals surface area (Å²) in [6.45, 7) is 3.53. The first-order chi connectivity index (χ1) is 8.65. The predicted molar refractivity (Wildman–Crippen MR) is 69.5 cm³/mol. The molecule has 0 saturated heterocycles. The number of aromatic nitrogens is 2. The van der Waals surface area contributed by atoms with E-state index in [1.54, 1.807) is 18.6 Å². The number of thiophene rings is 1. The lowest BCUT2D eigenvalue weighted by Gasteiger charge is -2.13. The van der Waals surface area contributed by atoms with E-state index in [1.165, 1.54) is 0 Å². The van der Waals surface area contributed by atoms with Crippen molar-refractivity contribution in [3.63, 3.8) is 0 Å². The molecule has 0 saturated carbocycles. The van der Waals surface area contributed by atoms with Crippen molar-refractivity contribution in [3.8, 4) is 0 Å². The van der Waals surface area contributed by atoms with Gasteiger partial charge >= 0.3 is 5.00 Å². The fraction of sp³-hybridized carbons (Fsp3) is 0.364. The Morgan fingerprint density at radius 2 is 2.50 bits per heavy atom. The van der Waals surface area contributed by atoms with Crippen LogP contribution in [0.25, 0.3) is 0 Å². The monoisotopic (exact) mass is 266 g/mol. The van der Waals surface area contributed by atoms with Crippen LogP contribution < -0.4 is 5.32 Å². The van der Waals surface area contributed by atoms with Crippen LogP contribution in [0.3, 0.4) is 0 Å². The van der Waals surface area contributed by atoms with Crippen molar-refractivity contribution in [2.45, 2.75) is 26.1 Å². The molecule has 6 nitrogen and oxygen atoms in total.